The summed E-state index contributed by atoms with van der Waals surface area (Å²) in [4.78, 5) is 0. The Bertz CT molecular complexity index is 274. The lowest BCUT2D eigenvalue weighted by Gasteiger charge is -2.11. The maximum absolute atomic E-state index is 9.41. The first-order valence-corrected chi connectivity index (χ1v) is 4.38. The van der Waals surface area contributed by atoms with Gasteiger partial charge in [0.15, 0.2) is 0 Å². The standard InChI is InChI=1S/C10H17NO/c1-7(2)6-11-8(3)5-10(12)9(11)4/h5,7,12H,6H2,1-4H3. The van der Waals surface area contributed by atoms with E-state index < -0.39 is 0 Å². The van der Waals surface area contributed by atoms with Gasteiger partial charge in [0.25, 0.3) is 0 Å². The van der Waals surface area contributed by atoms with Gasteiger partial charge in [0.05, 0.1) is 5.69 Å². The van der Waals surface area contributed by atoms with Crippen molar-refractivity contribution in [3.05, 3.63) is 17.5 Å². The van der Waals surface area contributed by atoms with Gasteiger partial charge in [-0.3, -0.25) is 0 Å². The molecule has 0 aliphatic rings. The summed E-state index contributed by atoms with van der Waals surface area (Å²) in [7, 11) is 0. The van der Waals surface area contributed by atoms with Crippen LogP contribution >= 0.6 is 0 Å². The predicted octanol–water partition coefficient (Wildman–Crippen LogP) is 2.47. The zero-order valence-electron chi connectivity index (χ0n) is 8.26. The molecule has 0 spiro atoms. The molecule has 0 fully saturated rings. The lowest BCUT2D eigenvalue weighted by molar-refractivity contribution is 0.459. The number of aryl methyl sites for hydroxylation is 1. The Morgan fingerprint density at radius 1 is 1.42 bits per heavy atom. The van der Waals surface area contributed by atoms with Crippen LogP contribution in [0.4, 0.5) is 0 Å². The SMILES string of the molecule is Cc1cc(O)c(C)n1CC(C)C. The molecule has 2 nitrogen and oxygen atoms in total. The fourth-order valence-electron chi connectivity index (χ4n) is 1.43. The summed E-state index contributed by atoms with van der Waals surface area (Å²) in [5.41, 5.74) is 2.11. The third-order valence-electron chi connectivity index (χ3n) is 2.09. The first-order valence-electron chi connectivity index (χ1n) is 4.38. The molecule has 0 amide bonds. The van der Waals surface area contributed by atoms with Gasteiger partial charge < -0.3 is 9.67 Å². The van der Waals surface area contributed by atoms with Crippen molar-refractivity contribution in [3.63, 3.8) is 0 Å². The average molecular weight is 167 g/mol. The van der Waals surface area contributed by atoms with Crippen LogP contribution in [0.15, 0.2) is 6.07 Å². The second kappa shape index (κ2) is 3.21. The van der Waals surface area contributed by atoms with Gasteiger partial charge in [0, 0.05) is 18.3 Å². The van der Waals surface area contributed by atoms with Crippen LogP contribution in [-0.4, -0.2) is 9.67 Å². The van der Waals surface area contributed by atoms with Gasteiger partial charge in [-0.1, -0.05) is 13.8 Å². The van der Waals surface area contributed by atoms with E-state index in [2.05, 4.69) is 18.4 Å². The third-order valence-corrected chi connectivity index (χ3v) is 2.09. The Balaban J connectivity index is 2.97. The quantitative estimate of drug-likeness (QED) is 0.719. The highest BCUT2D eigenvalue weighted by atomic mass is 16.3. The second-order valence-electron chi connectivity index (χ2n) is 3.76. The maximum Gasteiger partial charge on any atom is 0.136 e. The van der Waals surface area contributed by atoms with Crippen LogP contribution in [0.1, 0.15) is 25.2 Å². The Morgan fingerprint density at radius 2 is 2.00 bits per heavy atom. The van der Waals surface area contributed by atoms with Crippen LogP contribution in [0.2, 0.25) is 0 Å². The molecule has 68 valence electrons. The molecule has 0 atom stereocenters. The molecule has 1 rings (SSSR count). The lowest BCUT2D eigenvalue weighted by Crippen LogP contribution is -2.07. The highest BCUT2D eigenvalue weighted by Crippen LogP contribution is 2.21. The van der Waals surface area contributed by atoms with Gasteiger partial charge in [-0.15, -0.1) is 0 Å². The summed E-state index contributed by atoms with van der Waals surface area (Å²) in [6.45, 7) is 9.31. The molecule has 12 heavy (non-hydrogen) atoms. The normalized spacial score (nSPS) is 11.1. The van der Waals surface area contributed by atoms with E-state index in [9.17, 15) is 5.11 Å². The lowest BCUT2D eigenvalue weighted by atomic mass is 10.2. The van der Waals surface area contributed by atoms with Crippen molar-refractivity contribution >= 4 is 0 Å². The van der Waals surface area contributed by atoms with Crippen LogP contribution in [0.3, 0.4) is 0 Å². The summed E-state index contributed by atoms with van der Waals surface area (Å²) in [5.74, 6) is 1.03. The molecule has 1 N–H and O–H groups in total. The summed E-state index contributed by atoms with van der Waals surface area (Å²) >= 11 is 0. The van der Waals surface area contributed by atoms with Crippen molar-refractivity contribution in [3.8, 4) is 5.75 Å². The molecule has 0 bridgehead atoms. The summed E-state index contributed by atoms with van der Waals surface area (Å²) in [6, 6.07) is 1.82. The monoisotopic (exact) mass is 167 g/mol. The molecule has 0 saturated heterocycles. The maximum atomic E-state index is 9.41. The van der Waals surface area contributed by atoms with Gasteiger partial charge in [0.1, 0.15) is 5.75 Å². The molecule has 2 heteroatoms. The van der Waals surface area contributed by atoms with Crippen LogP contribution in [-0.2, 0) is 6.54 Å². The molecule has 1 heterocycles. The first kappa shape index (κ1) is 9.17. The molecule has 0 aromatic carbocycles. The minimum absolute atomic E-state index is 0.410. The van der Waals surface area contributed by atoms with Crippen molar-refractivity contribution in [1.82, 2.24) is 4.57 Å². The van der Waals surface area contributed by atoms with E-state index in [0.29, 0.717) is 11.7 Å². The Labute approximate surface area is 73.8 Å². The molecule has 0 unspecified atom stereocenters. The Hall–Kier alpha value is -0.920. The largest absolute Gasteiger partial charge is 0.506 e. The topological polar surface area (TPSA) is 25.2 Å². The number of rotatable bonds is 2. The molecule has 0 aliphatic carbocycles. The van der Waals surface area contributed by atoms with E-state index in [-0.39, 0.29) is 0 Å². The van der Waals surface area contributed by atoms with E-state index in [1.807, 2.05) is 19.9 Å². The zero-order chi connectivity index (χ0) is 9.30. The van der Waals surface area contributed by atoms with E-state index in [0.717, 1.165) is 17.9 Å². The second-order valence-corrected chi connectivity index (χ2v) is 3.76. The highest BCUT2D eigenvalue weighted by molar-refractivity contribution is 5.31. The summed E-state index contributed by atoms with van der Waals surface area (Å²) in [6.07, 6.45) is 0. The van der Waals surface area contributed by atoms with Crippen LogP contribution < -0.4 is 0 Å². The summed E-state index contributed by atoms with van der Waals surface area (Å²) in [5, 5.41) is 9.41. The summed E-state index contributed by atoms with van der Waals surface area (Å²) < 4.78 is 2.15. The Morgan fingerprint density at radius 3 is 2.33 bits per heavy atom. The molecular weight excluding hydrogens is 150 g/mol. The van der Waals surface area contributed by atoms with E-state index >= 15 is 0 Å². The fraction of sp³-hybridized carbons (Fsp3) is 0.600. The van der Waals surface area contributed by atoms with Crippen LogP contribution in [0.25, 0.3) is 0 Å². The van der Waals surface area contributed by atoms with Crippen LogP contribution in [0.5, 0.6) is 5.75 Å². The first-order chi connectivity index (χ1) is 5.52. The number of hydrogen-bond acceptors (Lipinski definition) is 1. The molecule has 0 radical (unpaired) electrons. The fourth-order valence-corrected chi connectivity index (χ4v) is 1.43. The minimum atomic E-state index is 0.410. The predicted molar refractivity (Wildman–Crippen MR) is 50.4 cm³/mol. The van der Waals surface area contributed by atoms with Gasteiger partial charge in [0.2, 0.25) is 0 Å². The van der Waals surface area contributed by atoms with Crippen molar-refractivity contribution in [2.75, 3.05) is 0 Å². The van der Waals surface area contributed by atoms with Crippen molar-refractivity contribution < 1.29 is 5.11 Å². The van der Waals surface area contributed by atoms with Crippen molar-refractivity contribution in [2.45, 2.75) is 34.2 Å². The number of aromatic hydroxyl groups is 1. The number of nitrogens with zero attached hydrogens (tertiary/aromatic N) is 1. The molecular formula is C10H17NO. The van der Waals surface area contributed by atoms with Gasteiger partial charge >= 0.3 is 0 Å². The van der Waals surface area contributed by atoms with E-state index in [1.165, 1.54) is 0 Å². The van der Waals surface area contributed by atoms with E-state index in [1.54, 1.807) is 0 Å². The Kier molecular flexibility index (Phi) is 2.46. The van der Waals surface area contributed by atoms with Gasteiger partial charge in [-0.25, -0.2) is 0 Å². The van der Waals surface area contributed by atoms with Crippen molar-refractivity contribution in [2.24, 2.45) is 5.92 Å². The molecule has 0 aliphatic heterocycles. The minimum Gasteiger partial charge on any atom is -0.506 e. The van der Waals surface area contributed by atoms with E-state index in [4.69, 9.17) is 0 Å². The van der Waals surface area contributed by atoms with Gasteiger partial charge in [-0.2, -0.15) is 0 Å². The number of hydrogen-bond donors (Lipinski definition) is 1. The van der Waals surface area contributed by atoms with Crippen LogP contribution in [0, 0.1) is 19.8 Å². The molecule has 1 aromatic rings. The van der Waals surface area contributed by atoms with Crippen molar-refractivity contribution in [1.29, 1.82) is 0 Å². The highest BCUT2D eigenvalue weighted by Gasteiger charge is 2.07. The average Bonchev–Trinajstić information content (AvgIpc) is 2.16. The zero-order valence-corrected chi connectivity index (χ0v) is 8.26. The van der Waals surface area contributed by atoms with Gasteiger partial charge in [-0.05, 0) is 19.8 Å². The molecule has 1 aromatic heterocycles. The molecule has 0 saturated carbocycles. The third kappa shape index (κ3) is 1.63. The smallest absolute Gasteiger partial charge is 0.136 e. The number of aromatic nitrogens is 1.